The minimum absolute atomic E-state index is 0.451. The Hall–Kier alpha value is -0.940. The Labute approximate surface area is 102 Å². The third kappa shape index (κ3) is 2.21. The summed E-state index contributed by atoms with van der Waals surface area (Å²) >= 11 is 0. The molecule has 1 aliphatic heterocycles. The van der Waals surface area contributed by atoms with Crippen LogP contribution in [-0.2, 0) is 17.7 Å². The highest BCUT2D eigenvalue weighted by Crippen LogP contribution is 2.41. The second kappa shape index (κ2) is 4.74. The molecule has 0 aromatic carbocycles. The quantitative estimate of drug-likeness (QED) is 0.772. The molecular weight excluding hydrogens is 216 g/mol. The maximum atomic E-state index is 5.08. The first-order valence-electron chi connectivity index (χ1n) is 6.54. The van der Waals surface area contributed by atoms with Gasteiger partial charge in [0.2, 0.25) is 0 Å². The summed E-state index contributed by atoms with van der Waals surface area (Å²) in [6.45, 7) is 2.85. The Morgan fingerprint density at radius 3 is 3.06 bits per heavy atom. The van der Waals surface area contributed by atoms with Crippen LogP contribution in [0.4, 0.5) is 0 Å². The molecule has 1 saturated carbocycles. The van der Waals surface area contributed by atoms with Gasteiger partial charge in [0.15, 0.2) is 5.82 Å². The van der Waals surface area contributed by atoms with E-state index in [4.69, 9.17) is 4.74 Å². The lowest BCUT2D eigenvalue weighted by atomic mass is 10.1. The Morgan fingerprint density at radius 1 is 1.41 bits per heavy atom. The van der Waals surface area contributed by atoms with Gasteiger partial charge in [0.1, 0.15) is 5.82 Å². The van der Waals surface area contributed by atoms with Crippen LogP contribution in [0.25, 0.3) is 0 Å². The molecule has 5 nitrogen and oxygen atoms in total. The highest BCUT2D eigenvalue weighted by atomic mass is 16.5. The lowest BCUT2D eigenvalue weighted by Crippen LogP contribution is -2.35. The number of ether oxygens (including phenoxy) is 1. The topological polar surface area (TPSA) is 52.0 Å². The van der Waals surface area contributed by atoms with Gasteiger partial charge in [-0.1, -0.05) is 0 Å². The number of nitrogens with one attached hydrogen (secondary N) is 1. The van der Waals surface area contributed by atoms with E-state index in [1.807, 2.05) is 0 Å². The first-order valence-corrected chi connectivity index (χ1v) is 6.54. The number of aryl methyl sites for hydroxylation is 1. The lowest BCUT2D eigenvalue weighted by Gasteiger charge is -2.24. The van der Waals surface area contributed by atoms with Gasteiger partial charge < -0.3 is 14.6 Å². The van der Waals surface area contributed by atoms with Gasteiger partial charge in [0.05, 0.1) is 6.04 Å². The average Bonchev–Trinajstić information content (AvgIpc) is 3.11. The molecule has 1 aromatic heterocycles. The van der Waals surface area contributed by atoms with Gasteiger partial charge in [-0.25, -0.2) is 0 Å². The van der Waals surface area contributed by atoms with E-state index in [-0.39, 0.29) is 0 Å². The van der Waals surface area contributed by atoms with Gasteiger partial charge in [-0.2, -0.15) is 0 Å². The summed E-state index contributed by atoms with van der Waals surface area (Å²) in [4.78, 5) is 0. The van der Waals surface area contributed by atoms with E-state index in [0.29, 0.717) is 6.04 Å². The third-order valence-corrected chi connectivity index (χ3v) is 3.68. The molecule has 1 unspecified atom stereocenters. The van der Waals surface area contributed by atoms with Gasteiger partial charge in [-0.05, 0) is 25.2 Å². The molecule has 1 atom stereocenters. The molecule has 0 amide bonds. The number of hydrogen-bond acceptors (Lipinski definition) is 4. The molecule has 3 rings (SSSR count). The zero-order chi connectivity index (χ0) is 11.7. The Bertz CT molecular complexity index is 386. The fourth-order valence-electron chi connectivity index (χ4n) is 2.61. The molecule has 1 aromatic rings. The van der Waals surface area contributed by atoms with Crippen LogP contribution in [0.5, 0.6) is 0 Å². The van der Waals surface area contributed by atoms with Gasteiger partial charge in [-0.3, -0.25) is 0 Å². The van der Waals surface area contributed by atoms with Crippen LogP contribution in [0.1, 0.15) is 37.0 Å². The Morgan fingerprint density at radius 2 is 2.29 bits per heavy atom. The standard InChI is InChI=1S/C12H20N4O/c1-17-8-2-3-10-14-15-12-11(9-4-5-9)13-6-7-16(10)12/h9,11,13H,2-8H2,1H3. The van der Waals surface area contributed by atoms with Crippen molar-refractivity contribution in [3.8, 4) is 0 Å². The van der Waals surface area contributed by atoms with Crippen molar-refractivity contribution in [2.45, 2.75) is 38.3 Å². The summed E-state index contributed by atoms with van der Waals surface area (Å²) in [6, 6.07) is 0.451. The Balaban J connectivity index is 1.74. The van der Waals surface area contributed by atoms with Crippen LogP contribution < -0.4 is 5.32 Å². The van der Waals surface area contributed by atoms with Crippen molar-refractivity contribution in [1.82, 2.24) is 20.1 Å². The van der Waals surface area contributed by atoms with Crippen LogP contribution in [-0.4, -0.2) is 35.0 Å². The van der Waals surface area contributed by atoms with E-state index < -0.39 is 0 Å². The molecular formula is C12H20N4O. The zero-order valence-electron chi connectivity index (χ0n) is 10.4. The first-order chi connectivity index (χ1) is 8.40. The number of fused-ring (bicyclic) bond motifs is 1. The van der Waals surface area contributed by atoms with Crippen molar-refractivity contribution in [3.05, 3.63) is 11.6 Å². The second-order valence-corrected chi connectivity index (χ2v) is 4.99. The van der Waals surface area contributed by atoms with Crippen LogP contribution in [0.15, 0.2) is 0 Å². The van der Waals surface area contributed by atoms with E-state index in [2.05, 4.69) is 20.1 Å². The molecule has 5 heteroatoms. The molecule has 1 fully saturated rings. The molecule has 17 heavy (non-hydrogen) atoms. The number of aromatic nitrogens is 3. The van der Waals surface area contributed by atoms with Crippen molar-refractivity contribution in [2.24, 2.45) is 5.92 Å². The van der Waals surface area contributed by atoms with E-state index >= 15 is 0 Å². The van der Waals surface area contributed by atoms with Crippen molar-refractivity contribution in [2.75, 3.05) is 20.3 Å². The largest absolute Gasteiger partial charge is 0.385 e. The van der Waals surface area contributed by atoms with E-state index in [0.717, 1.165) is 50.1 Å². The highest BCUT2D eigenvalue weighted by molar-refractivity contribution is 5.08. The van der Waals surface area contributed by atoms with Gasteiger partial charge in [0, 0.05) is 33.2 Å². The molecule has 2 heterocycles. The predicted molar refractivity (Wildman–Crippen MR) is 63.7 cm³/mol. The summed E-state index contributed by atoms with van der Waals surface area (Å²) in [5.41, 5.74) is 0. The van der Waals surface area contributed by atoms with Crippen molar-refractivity contribution >= 4 is 0 Å². The lowest BCUT2D eigenvalue weighted by molar-refractivity contribution is 0.194. The second-order valence-electron chi connectivity index (χ2n) is 4.99. The first kappa shape index (κ1) is 11.2. The van der Waals surface area contributed by atoms with E-state index in [9.17, 15) is 0 Å². The van der Waals surface area contributed by atoms with Crippen molar-refractivity contribution in [3.63, 3.8) is 0 Å². The van der Waals surface area contributed by atoms with Crippen molar-refractivity contribution < 1.29 is 4.74 Å². The maximum Gasteiger partial charge on any atom is 0.150 e. The molecule has 2 aliphatic rings. The maximum absolute atomic E-state index is 5.08. The van der Waals surface area contributed by atoms with Crippen LogP contribution in [0, 0.1) is 5.92 Å². The minimum Gasteiger partial charge on any atom is -0.385 e. The summed E-state index contributed by atoms with van der Waals surface area (Å²) in [5.74, 6) is 3.08. The minimum atomic E-state index is 0.451. The summed E-state index contributed by atoms with van der Waals surface area (Å²) in [7, 11) is 1.74. The van der Waals surface area contributed by atoms with Crippen LogP contribution in [0.2, 0.25) is 0 Å². The third-order valence-electron chi connectivity index (χ3n) is 3.68. The fourth-order valence-corrected chi connectivity index (χ4v) is 2.61. The number of nitrogens with zero attached hydrogens (tertiary/aromatic N) is 3. The van der Waals surface area contributed by atoms with Gasteiger partial charge >= 0.3 is 0 Å². The summed E-state index contributed by atoms with van der Waals surface area (Å²) < 4.78 is 7.40. The molecule has 1 aliphatic carbocycles. The number of rotatable bonds is 5. The number of hydrogen-bond donors (Lipinski definition) is 1. The van der Waals surface area contributed by atoms with Gasteiger partial charge in [0.25, 0.3) is 0 Å². The predicted octanol–water partition coefficient (Wildman–Crippen LogP) is 0.911. The number of methoxy groups -OCH3 is 1. The van der Waals surface area contributed by atoms with E-state index in [1.165, 1.54) is 12.8 Å². The van der Waals surface area contributed by atoms with Gasteiger partial charge in [-0.15, -0.1) is 10.2 Å². The van der Waals surface area contributed by atoms with E-state index in [1.54, 1.807) is 7.11 Å². The molecule has 0 radical (unpaired) electrons. The fraction of sp³-hybridized carbons (Fsp3) is 0.833. The van der Waals surface area contributed by atoms with Crippen molar-refractivity contribution in [1.29, 1.82) is 0 Å². The summed E-state index contributed by atoms with van der Waals surface area (Å²) in [6.07, 6.45) is 4.67. The molecule has 0 bridgehead atoms. The smallest absolute Gasteiger partial charge is 0.150 e. The molecule has 1 N–H and O–H groups in total. The average molecular weight is 236 g/mol. The monoisotopic (exact) mass is 236 g/mol. The highest BCUT2D eigenvalue weighted by Gasteiger charge is 2.37. The molecule has 94 valence electrons. The van der Waals surface area contributed by atoms with Crippen LogP contribution >= 0.6 is 0 Å². The normalized spacial score (nSPS) is 23.7. The van der Waals surface area contributed by atoms with Crippen LogP contribution in [0.3, 0.4) is 0 Å². The SMILES string of the molecule is COCCCc1nnc2n1CCNC2C1CC1. The molecule has 0 saturated heterocycles. The Kier molecular flexibility index (Phi) is 3.11. The summed E-state index contributed by atoms with van der Waals surface area (Å²) in [5, 5.41) is 12.3. The molecule has 0 spiro atoms. The zero-order valence-corrected chi connectivity index (χ0v) is 10.4.